The second-order valence-electron chi connectivity index (χ2n) is 5.21. The molecule has 1 N–H and O–H groups in total. The number of nitriles is 1. The van der Waals surface area contributed by atoms with Crippen LogP contribution in [0.15, 0.2) is 48.7 Å². The van der Waals surface area contributed by atoms with E-state index in [-0.39, 0.29) is 16.9 Å². The fourth-order valence-electron chi connectivity index (χ4n) is 2.49. The van der Waals surface area contributed by atoms with Crippen LogP contribution in [0.5, 0.6) is 5.75 Å². The van der Waals surface area contributed by atoms with Gasteiger partial charge in [0.2, 0.25) is 0 Å². The number of nitrogens with one attached hydrogen (secondary N) is 1. The van der Waals surface area contributed by atoms with Crippen LogP contribution in [-0.2, 0) is 6.18 Å². The van der Waals surface area contributed by atoms with Crippen molar-refractivity contribution < 1.29 is 17.9 Å². The summed E-state index contributed by atoms with van der Waals surface area (Å²) in [6.07, 6.45) is -3.19. The number of benzene rings is 2. The van der Waals surface area contributed by atoms with Crippen molar-refractivity contribution in [3.05, 3.63) is 59.8 Å². The fourth-order valence-corrected chi connectivity index (χ4v) is 2.49. The number of hydrogen-bond acceptors (Lipinski definition) is 4. The minimum Gasteiger partial charge on any atom is -0.497 e. The molecule has 126 valence electrons. The first-order valence-electron chi connectivity index (χ1n) is 7.24. The molecule has 3 rings (SSSR count). The lowest BCUT2D eigenvalue weighted by atomic mass is 10.1. The third-order valence-electron chi connectivity index (χ3n) is 3.69. The summed E-state index contributed by atoms with van der Waals surface area (Å²) in [4.78, 5) is 4.17. The van der Waals surface area contributed by atoms with Gasteiger partial charge >= 0.3 is 6.18 Å². The van der Waals surface area contributed by atoms with E-state index in [1.165, 1.54) is 31.5 Å². The number of anilines is 2. The van der Waals surface area contributed by atoms with E-state index in [4.69, 9.17) is 4.74 Å². The van der Waals surface area contributed by atoms with E-state index in [0.717, 1.165) is 6.07 Å². The highest BCUT2D eigenvalue weighted by Gasteiger charge is 2.33. The van der Waals surface area contributed by atoms with Crippen molar-refractivity contribution in [2.45, 2.75) is 6.18 Å². The Hall–Kier alpha value is -3.27. The molecule has 25 heavy (non-hydrogen) atoms. The molecule has 4 nitrogen and oxygen atoms in total. The molecule has 0 saturated heterocycles. The maximum atomic E-state index is 13.2. The van der Waals surface area contributed by atoms with Crippen LogP contribution in [0.3, 0.4) is 0 Å². The van der Waals surface area contributed by atoms with E-state index in [2.05, 4.69) is 10.3 Å². The van der Waals surface area contributed by atoms with Gasteiger partial charge in [-0.1, -0.05) is 12.1 Å². The number of halogens is 3. The summed E-state index contributed by atoms with van der Waals surface area (Å²) in [6.45, 7) is 0. The average molecular weight is 343 g/mol. The topological polar surface area (TPSA) is 57.9 Å². The van der Waals surface area contributed by atoms with Gasteiger partial charge in [-0.3, -0.25) is 4.98 Å². The third-order valence-corrected chi connectivity index (χ3v) is 3.69. The zero-order valence-electron chi connectivity index (χ0n) is 13.1. The molecule has 1 aromatic heterocycles. The van der Waals surface area contributed by atoms with E-state index in [9.17, 15) is 18.4 Å². The molecule has 0 amide bonds. The highest BCUT2D eigenvalue weighted by molar-refractivity contribution is 5.96. The lowest BCUT2D eigenvalue weighted by molar-refractivity contribution is -0.136. The van der Waals surface area contributed by atoms with E-state index >= 15 is 0 Å². The predicted octanol–water partition coefficient (Wildman–Crippen LogP) is 4.88. The molecule has 0 aliphatic heterocycles. The Morgan fingerprint density at radius 3 is 2.60 bits per heavy atom. The van der Waals surface area contributed by atoms with E-state index in [1.807, 2.05) is 6.07 Å². The molecule has 0 aliphatic carbocycles. The predicted molar refractivity (Wildman–Crippen MR) is 87.7 cm³/mol. The van der Waals surface area contributed by atoms with Crippen LogP contribution in [-0.4, -0.2) is 12.1 Å². The van der Waals surface area contributed by atoms with Crippen molar-refractivity contribution in [3.8, 4) is 11.8 Å². The quantitative estimate of drug-likeness (QED) is 0.736. The molecule has 0 fully saturated rings. The Bertz CT molecular complexity index is 977. The number of rotatable bonds is 3. The van der Waals surface area contributed by atoms with Crippen LogP contribution in [0, 0.1) is 11.3 Å². The summed E-state index contributed by atoms with van der Waals surface area (Å²) in [5, 5.41) is 12.6. The van der Waals surface area contributed by atoms with Crippen molar-refractivity contribution in [3.63, 3.8) is 0 Å². The summed E-state index contributed by atoms with van der Waals surface area (Å²) in [7, 11) is 1.50. The lowest BCUT2D eigenvalue weighted by Gasteiger charge is -2.16. The number of pyridine rings is 1. The largest absolute Gasteiger partial charge is 0.497 e. The normalized spacial score (nSPS) is 11.2. The Labute approximate surface area is 141 Å². The van der Waals surface area contributed by atoms with Gasteiger partial charge in [-0.15, -0.1) is 0 Å². The Kier molecular flexibility index (Phi) is 4.19. The van der Waals surface area contributed by atoms with Gasteiger partial charge in [-0.2, -0.15) is 18.4 Å². The summed E-state index contributed by atoms with van der Waals surface area (Å²) in [5.74, 6) is 0.561. The lowest BCUT2D eigenvalue weighted by Crippen LogP contribution is -2.09. The number of fused-ring (bicyclic) bond motifs is 1. The highest BCUT2D eigenvalue weighted by Crippen LogP contribution is 2.38. The van der Waals surface area contributed by atoms with E-state index in [0.29, 0.717) is 16.7 Å². The van der Waals surface area contributed by atoms with Crippen LogP contribution >= 0.6 is 0 Å². The smallest absolute Gasteiger partial charge is 0.418 e. The van der Waals surface area contributed by atoms with Gasteiger partial charge in [0.15, 0.2) is 0 Å². The maximum absolute atomic E-state index is 13.2. The van der Waals surface area contributed by atoms with Crippen molar-refractivity contribution in [1.29, 1.82) is 5.26 Å². The molecule has 0 aliphatic rings. The van der Waals surface area contributed by atoms with Crippen LogP contribution in [0.25, 0.3) is 10.9 Å². The number of nitrogens with zero attached hydrogens (tertiary/aromatic N) is 2. The number of alkyl halides is 3. The Morgan fingerprint density at radius 1 is 1.16 bits per heavy atom. The molecule has 0 saturated carbocycles. The Balaban J connectivity index is 2.18. The van der Waals surface area contributed by atoms with Gasteiger partial charge < -0.3 is 10.1 Å². The van der Waals surface area contributed by atoms with E-state index in [1.54, 1.807) is 18.2 Å². The first-order chi connectivity index (χ1) is 11.9. The molecule has 0 spiro atoms. The molecular weight excluding hydrogens is 331 g/mol. The van der Waals surface area contributed by atoms with Gasteiger partial charge in [0.1, 0.15) is 11.8 Å². The monoisotopic (exact) mass is 343 g/mol. The zero-order valence-corrected chi connectivity index (χ0v) is 13.1. The van der Waals surface area contributed by atoms with Crippen LogP contribution in [0.2, 0.25) is 0 Å². The van der Waals surface area contributed by atoms with Crippen molar-refractivity contribution >= 4 is 22.3 Å². The van der Waals surface area contributed by atoms with Crippen LogP contribution < -0.4 is 10.1 Å². The molecule has 0 bridgehead atoms. The molecule has 0 radical (unpaired) electrons. The van der Waals surface area contributed by atoms with Crippen LogP contribution in [0.1, 0.15) is 11.1 Å². The number of hydrogen-bond donors (Lipinski definition) is 1. The summed E-state index contributed by atoms with van der Waals surface area (Å²) >= 11 is 0. The summed E-state index contributed by atoms with van der Waals surface area (Å²) < 4.78 is 44.8. The second-order valence-corrected chi connectivity index (χ2v) is 5.21. The third kappa shape index (κ3) is 3.19. The fraction of sp³-hybridized carbons (Fsp3) is 0.111. The average Bonchev–Trinajstić information content (AvgIpc) is 2.61. The minimum absolute atomic E-state index is 0.130. The number of para-hydroxylation sites is 1. The zero-order chi connectivity index (χ0) is 18.0. The van der Waals surface area contributed by atoms with Gasteiger partial charge in [0, 0.05) is 17.6 Å². The van der Waals surface area contributed by atoms with Gasteiger partial charge in [-0.25, -0.2) is 0 Å². The highest BCUT2D eigenvalue weighted by atomic mass is 19.4. The number of aromatic nitrogens is 1. The number of ether oxygens (including phenoxy) is 1. The molecule has 2 aromatic carbocycles. The van der Waals surface area contributed by atoms with E-state index < -0.39 is 11.7 Å². The molecule has 0 atom stereocenters. The Morgan fingerprint density at radius 2 is 1.92 bits per heavy atom. The maximum Gasteiger partial charge on any atom is 0.418 e. The number of methoxy groups -OCH3 is 1. The standard InChI is InChI=1S/C18H12F3N3O/c1-25-12-6-7-13-16(8-12)23-10-11(9-22)17(13)24-15-5-3-2-4-14(15)18(19,20)21/h2-8,10H,1H3,(H,23,24). The van der Waals surface area contributed by atoms with Crippen molar-refractivity contribution in [2.75, 3.05) is 12.4 Å². The molecule has 3 aromatic rings. The first-order valence-corrected chi connectivity index (χ1v) is 7.24. The van der Waals surface area contributed by atoms with Crippen molar-refractivity contribution in [2.24, 2.45) is 0 Å². The van der Waals surface area contributed by atoms with Crippen LogP contribution in [0.4, 0.5) is 24.5 Å². The first kappa shape index (κ1) is 16.6. The van der Waals surface area contributed by atoms with Gasteiger partial charge in [-0.05, 0) is 24.3 Å². The molecular formula is C18H12F3N3O. The van der Waals surface area contributed by atoms with Crippen molar-refractivity contribution in [1.82, 2.24) is 4.98 Å². The van der Waals surface area contributed by atoms with Gasteiger partial charge in [0.05, 0.1) is 35.1 Å². The summed E-state index contributed by atoms with van der Waals surface area (Å²) in [6, 6.07) is 12.0. The molecule has 7 heteroatoms. The summed E-state index contributed by atoms with van der Waals surface area (Å²) in [5.41, 5.74) is -0.0148. The SMILES string of the molecule is COc1ccc2c(Nc3ccccc3C(F)(F)F)c(C#N)cnc2c1. The molecule has 0 unspecified atom stereocenters. The van der Waals surface area contributed by atoms with Gasteiger partial charge in [0.25, 0.3) is 0 Å². The molecule has 1 heterocycles. The second kappa shape index (κ2) is 6.32. The minimum atomic E-state index is -4.51.